The number of hydrogen-bond acceptors (Lipinski definition) is 5. The number of esters is 1. The van der Waals surface area contributed by atoms with Gasteiger partial charge in [-0.05, 0) is 32.9 Å². The number of carbonyl (C=O) groups excluding carboxylic acids is 2. The number of amides is 1. The number of carboxylic acid groups (broad SMARTS) is 1. The summed E-state index contributed by atoms with van der Waals surface area (Å²) in [7, 11) is 0. The second-order valence-electron chi connectivity index (χ2n) is 6.27. The highest BCUT2D eigenvalue weighted by molar-refractivity contribution is 5.96. The molecule has 1 amide bonds. The van der Waals surface area contributed by atoms with Gasteiger partial charge in [0.15, 0.2) is 0 Å². The molecular formula is C17H24N2O5. The van der Waals surface area contributed by atoms with Crippen LogP contribution >= 0.6 is 0 Å². The third-order valence-electron chi connectivity index (χ3n) is 2.91. The van der Waals surface area contributed by atoms with Crippen molar-refractivity contribution in [3.05, 3.63) is 35.9 Å². The van der Waals surface area contributed by atoms with Gasteiger partial charge in [0.05, 0.1) is 6.42 Å². The third-order valence-corrected chi connectivity index (χ3v) is 2.91. The van der Waals surface area contributed by atoms with Gasteiger partial charge in [0.2, 0.25) is 0 Å². The molecule has 24 heavy (non-hydrogen) atoms. The molecular weight excluding hydrogens is 312 g/mol. The van der Waals surface area contributed by atoms with Crippen LogP contribution in [0.3, 0.4) is 0 Å². The largest absolute Gasteiger partial charge is 0.480 e. The lowest BCUT2D eigenvalue weighted by Crippen LogP contribution is -2.47. The Morgan fingerprint density at radius 3 is 2.33 bits per heavy atom. The van der Waals surface area contributed by atoms with Crippen LogP contribution in [0.25, 0.3) is 0 Å². The first kappa shape index (κ1) is 19.6. The van der Waals surface area contributed by atoms with Crippen molar-refractivity contribution in [1.29, 1.82) is 0 Å². The second kappa shape index (κ2) is 9.02. The van der Waals surface area contributed by atoms with E-state index >= 15 is 0 Å². The minimum Gasteiger partial charge on any atom is -0.480 e. The molecule has 1 aromatic carbocycles. The summed E-state index contributed by atoms with van der Waals surface area (Å²) in [4.78, 5) is 34.8. The number of hydrogen-bond donors (Lipinski definition) is 3. The fourth-order valence-corrected chi connectivity index (χ4v) is 1.86. The Morgan fingerprint density at radius 1 is 1.17 bits per heavy atom. The predicted molar refractivity (Wildman–Crippen MR) is 88.7 cm³/mol. The molecule has 132 valence electrons. The average molecular weight is 336 g/mol. The fraction of sp³-hybridized carbons (Fsp3) is 0.471. The SMILES string of the molecule is CC(C)(C)OC(=O)CCNCC(NC(=O)c1ccccc1)C(=O)O. The summed E-state index contributed by atoms with van der Waals surface area (Å²) in [6.45, 7) is 5.60. The minimum atomic E-state index is -1.15. The first-order chi connectivity index (χ1) is 11.2. The van der Waals surface area contributed by atoms with E-state index in [1.165, 1.54) is 0 Å². The quantitative estimate of drug-likeness (QED) is 0.486. The van der Waals surface area contributed by atoms with Crippen molar-refractivity contribution >= 4 is 17.8 Å². The Labute approximate surface area is 141 Å². The molecule has 1 unspecified atom stereocenters. The van der Waals surface area contributed by atoms with Crippen molar-refractivity contribution in [2.45, 2.75) is 38.8 Å². The molecule has 0 bridgehead atoms. The number of carbonyl (C=O) groups is 3. The van der Waals surface area contributed by atoms with Gasteiger partial charge in [0.1, 0.15) is 11.6 Å². The van der Waals surface area contributed by atoms with Crippen molar-refractivity contribution in [3.63, 3.8) is 0 Å². The van der Waals surface area contributed by atoms with Crippen LogP contribution in [0, 0.1) is 0 Å². The molecule has 0 saturated heterocycles. The summed E-state index contributed by atoms with van der Waals surface area (Å²) in [5, 5.41) is 14.5. The molecule has 0 heterocycles. The van der Waals surface area contributed by atoms with Crippen LogP contribution in [0.2, 0.25) is 0 Å². The van der Waals surface area contributed by atoms with Crippen LogP contribution in [0.1, 0.15) is 37.6 Å². The van der Waals surface area contributed by atoms with E-state index < -0.39 is 23.5 Å². The van der Waals surface area contributed by atoms with Crippen molar-refractivity contribution in [2.24, 2.45) is 0 Å². The van der Waals surface area contributed by atoms with Gasteiger partial charge in [0.25, 0.3) is 5.91 Å². The summed E-state index contributed by atoms with van der Waals surface area (Å²) in [6.07, 6.45) is 0.121. The van der Waals surface area contributed by atoms with Gasteiger partial charge in [-0.2, -0.15) is 0 Å². The van der Waals surface area contributed by atoms with Gasteiger partial charge >= 0.3 is 11.9 Å². The van der Waals surface area contributed by atoms with Crippen molar-refractivity contribution in [1.82, 2.24) is 10.6 Å². The van der Waals surface area contributed by atoms with Crippen LogP contribution in [-0.2, 0) is 14.3 Å². The zero-order chi connectivity index (χ0) is 18.2. The second-order valence-corrected chi connectivity index (χ2v) is 6.27. The van der Waals surface area contributed by atoms with Crippen molar-refractivity contribution in [2.75, 3.05) is 13.1 Å². The molecule has 0 aromatic heterocycles. The van der Waals surface area contributed by atoms with Gasteiger partial charge in [0, 0.05) is 18.7 Å². The molecule has 0 aliphatic carbocycles. The van der Waals surface area contributed by atoms with Gasteiger partial charge in [-0.3, -0.25) is 9.59 Å². The first-order valence-corrected chi connectivity index (χ1v) is 7.70. The number of nitrogens with one attached hydrogen (secondary N) is 2. The maximum atomic E-state index is 12.0. The molecule has 1 atom stereocenters. The van der Waals surface area contributed by atoms with Crippen LogP contribution in [-0.4, -0.2) is 47.7 Å². The molecule has 0 aliphatic rings. The van der Waals surface area contributed by atoms with E-state index in [-0.39, 0.29) is 25.5 Å². The molecule has 0 spiro atoms. The van der Waals surface area contributed by atoms with Gasteiger partial charge < -0.3 is 20.5 Å². The van der Waals surface area contributed by atoms with Crippen LogP contribution in [0.5, 0.6) is 0 Å². The number of ether oxygens (including phenoxy) is 1. The lowest BCUT2D eigenvalue weighted by molar-refractivity contribution is -0.154. The van der Waals surface area contributed by atoms with Crippen molar-refractivity contribution in [3.8, 4) is 0 Å². The zero-order valence-corrected chi connectivity index (χ0v) is 14.2. The van der Waals surface area contributed by atoms with Gasteiger partial charge in [-0.15, -0.1) is 0 Å². The molecule has 0 aliphatic heterocycles. The highest BCUT2D eigenvalue weighted by atomic mass is 16.6. The summed E-state index contributed by atoms with van der Waals surface area (Å²) >= 11 is 0. The topological polar surface area (TPSA) is 105 Å². The summed E-state index contributed by atoms with van der Waals surface area (Å²) in [6, 6.07) is 7.28. The van der Waals surface area contributed by atoms with Crippen LogP contribution in [0.15, 0.2) is 30.3 Å². The molecule has 1 aromatic rings. The smallest absolute Gasteiger partial charge is 0.327 e. The predicted octanol–water partition coefficient (Wildman–Crippen LogP) is 1.19. The standard InChI is InChI=1S/C17H24N2O5/c1-17(2,3)24-14(20)9-10-18-11-13(16(22)23)19-15(21)12-7-5-4-6-8-12/h4-8,13,18H,9-11H2,1-3H3,(H,19,21)(H,22,23). The lowest BCUT2D eigenvalue weighted by Gasteiger charge is -2.20. The molecule has 3 N–H and O–H groups in total. The number of aliphatic carboxylic acids is 1. The van der Waals surface area contributed by atoms with E-state index in [1.807, 2.05) is 0 Å². The molecule has 0 radical (unpaired) electrons. The Hall–Kier alpha value is -2.41. The minimum absolute atomic E-state index is 0.0106. The monoisotopic (exact) mass is 336 g/mol. The van der Waals surface area contributed by atoms with E-state index in [0.717, 1.165) is 0 Å². The highest BCUT2D eigenvalue weighted by Crippen LogP contribution is 2.07. The molecule has 7 heteroatoms. The number of carboxylic acids is 1. The lowest BCUT2D eigenvalue weighted by atomic mass is 10.2. The Balaban J connectivity index is 2.40. The van der Waals surface area contributed by atoms with Crippen LogP contribution in [0.4, 0.5) is 0 Å². The highest BCUT2D eigenvalue weighted by Gasteiger charge is 2.21. The maximum Gasteiger partial charge on any atom is 0.327 e. The van der Waals surface area contributed by atoms with Crippen molar-refractivity contribution < 1.29 is 24.2 Å². The fourth-order valence-electron chi connectivity index (χ4n) is 1.86. The van der Waals surface area contributed by atoms with E-state index in [4.69, 9.17) is 4.74 Å². The third kappa shape index (κ3) is 7.73. The summed E-state index contributed by atoms with van der Waals surface area (Å²) in [5.74, 6) is -1.98. The Kier molecular flexibility index (Phi) is 7.38. The van der Waals surface area contributed by atoms with Crippen LogP contribution < -0.4 is 10.6 Å². The normalized spacial score (nSPS) is 12.3. The number of rotatable bonds is 8. The average Bonchev–Trinajstić information content (AvgIpc) is 2.49. The Morgan fingerprint density at radius 2 is 1.79 bits per heavy atom. The Bertz CT molecular complexity index is 566. The van der Waals surface area contributed by atoms with E-state index in [2.05, 4.69) is 10.6 Å². The molecule has 0 saturated carbocycles. The van der Waals surface area contributed by atoms with E-state index in [0.29, 0.717) is 5.56 Å². The maximum absolute atomic E-state index is 12.0. The van der Waals surface area contributed by atoms with Gasteiger partial charge in [-0.25, -0.2) is 4.79 Å². The summed E-state index contributed by atoms with van der Waals surface area (Å²) in [5.41, 5.74) is -0.165. The van der Waals surface area contributed by atoms with Gasteiger partial charge in [-0.1, -0.05) is 18.2 Å². The van der Waals surface area contributed by atoms with E-state index in [9.17, 15) is 19.5 Å². The first-order valence-electron chi connectivity index (χ1n) is 7.70. The summed E-state index contributed by atoms with van der Waals surface area (Å²) < 4.78 is 5.15. The number of benzene rings is 1. The molecule has 7 nitrogen and oxygen atoms in total. The molecule has 0 fully saturated rings. The molecule has 1 rings (SSSR count). The van der Waals surface area contributed by atoms with E-state index in [1.54, 1.807) is 51.1 Å². The zero-order valence-electron chi connectivity index (χ0n) is 14.2.